The summed E-state index contributed by atoms with van der Waals surface area (Å²) in [6, 6.07) is 5.97. The molecule has 0 fully saturated rings. The van der Waals surface area contributed by atoms with E-state index in [0.29, 0.717) is 5.88 Å². The number of nitrogens with one attached hydrogen (secondary N) is 1. The van der Waals surface area contributed by atoms with E-state index >= 15 is 0 Å². The Bertz CT molecular complexity index is 276. The number of halogens is 1. The quantitative estimate of drug-likeness (QED) is 0.755. The predicted molar refractivity (Wildman–Crippen MR) is 65.1 cm³/mol. The molecule has 84 valence electrons. The van der Waals surface area contributed by atoms with Crippen molar-refractivity contribution in [3.05, 3.63) is 30.1 Å². The van der Waals surface area contributed by atoms with Gasteiger partial charge in [-0.3, -0.25) is 4.98 Å². The van der Waals surface area contributed by atoms with E-state index < -0.39 is 0 Å². The van der Waals surface area contributed by atoms with Gasteiger partial charge < -0.3 is 5.32 Å². The lowest BCUT2D eigenvalue weighted by Gasteiger charge is -2.29. The molecule has 0 aromatic carbocycles. The van der Waals surface area contributed by atoms with Gasteiger partial charge in [0.05, 0.1) is 5.69 Å². The molecule has 0 amide bonds. The van der Waals surface area contributed by atoms with Crippen LogP contribution in [0.15, 0.2) is 24.4 Å². The van der Waals surface area contributed by atoms with E-state index in [1.54, 1.807) is 0 Å². The second-order valence-corrected chi connectivity index (χ2v) is 4.41. The Hall–Kier alpha value is -0.600. The molecule has 1 aromatic rings. The summed E-state index contributed by atoms with van der Waals surface area (Å²) < 4.78 is 0. The Kier molecular flexibility index (Phi) is 5.06. The van der Waals surface area contributed by atoms with Crippen LogP contribution in [0.3, 0.4) is 0 Å². The Morgan fingerprint density at radius 2 is 2.27 bits per heavy atom. The maximum Gasteiger partial charge on any atom is 0.0541 e. The Balaban J connectivity index is 2.47. The van der Waals surface area contributed by atoms with Crippen molar-refractivity contribution in [3.8, 4) is 0 Å². The van der Waals surface area contributed by atoms with Crippen LogP contribution in [-0.2, 0) is 6.54 Å². The molecule has 0 aliphatic heterocycles. The molecule has 1 aromatic heterocycles. The molecule has 0 aliphatic rings. The number of aromatic nitrogens is 1. The highest BCUT2D eigenvalue weighted by molar-refractivity contribution is 6.17. The van der Waals surface area contributed by atoms with Crippen LogP contribution in [-0.4, -0.2) is 16.4 Å². The molecular formula is C12H19ClN2. The Morgan fingerprint density at radius 3 is 2.80 bits per heavy atom. The summed E-state index contributed by atoms with van der Waals surface area (Å²) in [6.45, 7) is 5.19. The van der Waals surface area contributed by atoms with Gasteiger partial charge in [-0.15, -0.1) is 11.6 Å². The minimum Gasteiger partial charge on any atom is -0.306 e. The van der Waals surface area contributed by atoms with E-state index in [-0.39, 0.29) is 5.54 Å². The zero-order valence-corrected chi connectivity index (χ0v) is 10.2. The molecule has 0 saturated heterocycles. The number of hydrogen-bond donors (Lipinski definition) is 1. The summed E-state index contributed by atoms with van der Waals surface area (Å²) >= 11 is 5.79. The molecule has 1 unspecified atom stereocenters. The highest BCUT2D eigenvalue weighted by Gasteiger charge is 2.20. The molecule has 1 atom stereocenters. The maximum atomic E-state index is 5.79. The molecule has 1 rings (SSSR count). The summed E-state index contributed by atoms with van der Waals surface area (Å²) in [5.41, 5.74) is 1.20. The van der Waals surface area contributed by atoms with E-state index in [1.165, 1.54) is 0 Å². The zero-order valence-electron chi connectivity index (χ0n) is 9.46. The first-order chi connectivity index (χ1) is 7.20. The highest BCUT2D eigenvalue weighted by Crippen LogP contribution is 2.15. The lowest BCUT2D eigenvalue weighted by Crippen LogP contribution is -2.41. The van der Waals surface area contributed by atoms with Crippen LogP contribution in [0, 0.1) is 0 Å². The summed E-state index contributed by atoms with van der Waals surface area (Å²) in [4.78, 5) is 4.28. The molecule has 0 saturated carbocycles. The molecule has 1 heterocycles. The summed E-state index contributed by atoms with van der Waals surface area (Å²) in [5.74, 6) is 0.694. The van der Waals surface area contributed by atoms with Crippen molar-refractivity contribution in [2.24, 2.45) is 0 Å². The number of rotatable bonds is 6. The van der Waals surface area contributed by atoms with Crippen molar-refractivity contribution in [3.63, 3.8) is 0 Å². The topological polar surface area (TPSA) is 24.9 Å². The third-order valence-corrected chi connectivity index (χ3v) is 3.04. The average molecular weight is 227 g/mol. The standard InChI is InChI=1S/C12H19ClN2/c1-3-12(2,7-8-13)15-10-11-6-4-5-9-14-11/h4-6,9,15H,3,7-8,10H2,1-2H3. The lowest BCUT2D eigenvalue weighted by atomic mass is 9.95. The number of hydrogen-bond acceptors (Lipinski definition) is 2. The Labute approximate surface area is 97.1 Å². The molecule has 2 nitrogen and oxygen atoms in total. The number of alkyl halides is 1. The van der Waals surface area contributed by atoms with E-state index in [9.17, 15) is 0 Å². The van der Waals surface area contributed by atoms with Gasteiger partial charge in [0.15, 0.2) is 0 Å². The highest BCUT2D eigenvalue weighted by atomic mass is 35.5. The first-order valence-corrected chi connectivity index (χ1v) is 5.94. The minimum absolute atomic E-state index is 0.124. The fourth-order valence-corrected chi connectivity index (χ4v) is 1.82. The smallest absolute Gasteiger partial charge is 0.0541 e. The van der Waals surface area contributed by atoms with Gasteiger partial charge in [-0.2, -0.15) is 0 Å². The van der Waals surface area contributed by atoms with Gasteiger partial charge in [0, 0.05) is 24.2 Å². The number of pyridine rings is 1. The van der Waals surface area contributed by atoms with Crippen molar-refractivity contribution in [2.75, 3.05) is 5.88 Å². The molecule has 0 aliphatic carbocycles. The monoisotopic (exact) mass is 226 g/mol. The van der Waals surface area contributed by atoms with Crippen LogP contribution < -0.4 is 5.32 Å². The second-order valence-electron chi connectivity index (χ2n) is 4.03. The fourth-order valence-electron chi connectivity index (χ4n) is 1.41. The van der Waals surface area contributed by atoms with Gasteiger partial charge >= 0.3 is 0 Å². The normalized spacial score (nSPS) is 14.9. The largest absolute Gasteiger partial charge is 0.306 e. The van der Waals surface area contributed by atoms with Crippen molar-refractivity contribution >= 4 is 11.6 Å². The lowest BCUT2D eigenvalue weighted by molar-refractivity contribution is 0.329. The second kappa shape index (κ2) is 6.09. The predicted octanol–water partition coefficient (Wildman–Crippen LogP) is 2.97. The SMILES string of the molecule is CCC(C)(CCCl)NCc1ccccn1. The molecule has 0 bridgehead atoms. The summed E-state index contributed by atoms with van der Waals surface area (Å²) in [5, 5.41) is 3.52. The van der Waals surface area contributed by atoms with Crippen LogP contribution in [0.2, 0.25) is 0 Å². The van der Waals surface area contributed by atoms with Crippen molar-refractivity contribution in [1.29, 1.82) is 0 Å². The Morgan fingerprint density at radius 1 is 1.47 bits per heavy atom. The van der Waals surface area contributed by atoms with E-state index in [1.807, 2.05) is 24.4 Å². The van der Waals surface area contributed by atoms with Gasteiger partial charge in [0.25, 0.3) is 0 Å². The number of nitrogens with zero attached hydrogens (tertiary/aromatic N) is 1. The van der Waals surface area contributed by atoms with Crippen LogP contribution in [0.25, 0.3) is 0 Å². The van der Waals surface area contributed by atoms with Crippen molar-refractivity contribution in [1.82, 2.24) is 10.3 Å². The molecule has 3 heteroatoms. The third kappa shape index (κ3) is 4.18. The van der Waals surface area contributed by atoms with Crippen molar-refractivity contribution in [2.45, 2.75) is 38.8 Å². The first-order valence-electron chi connectivity index (χ1n) is 5.41. The summed E-state index contributed by atoms with van der Waals surface area (Å²) in [6.07, 6.45) is 3.88. The summed E-state index contributed by atoms with van der Waals surface area (Å²) in [7, 11) is 0. The molecule has 0 radical (unpaired) electrons. The van der Waals surface area contributed by atoms with Crippen LogP contribution in [0.4, 0.5) is 0 Å². The maximum absolute atomic E-state index is 5.79. The van der Waals surface area contributed by atoms with Gasteiger partial charge in [-0.1, -0.05) is 13.0 Å². The van der Waals surface area contributed by atoms with Gasteiger partial charge in [0.2, 0.25) is 0 Å². The van der Waals surface area contributed by atoms with E-state index in [0.717, 1.165) is 25.1 Å². The zero-order chi connectivity index (χ0) is 11.1. The van der Waals surface area contributed by atoms with E-state index in [2.05, 4.69) is 24.1 Å². The van der Waals surface area contributed by atoms with Gasteiger partial charge in [-0.05, 0) is 31.9 Å². The van der Waals surface area contributed by atoms with E-state index in [4.69, 9.17) is 11.6 Å². The molecule has 15 heavy (non-hydrogen) atoms. The fraction of sp³-hybridized carbons (Fsp3) is 0.583. The minimum atomic E-state index is 0.124. The molecular weight excluding hydrogens is 208 g/mol. The van der Waals surface area contributed by atoms with Gasteiger partial charge in [0.1, 0.15) is 0 Å². The average Bonchev–Trinajstić information content (AvgIpc) is 2.28. The molecule has 1 N–H and O–H groups in total. The first kappa shape index (κ1) is 12.5. The van der Waals surface area contributed by atoms with Gasteiger partial charge in [-0.25, -0.2) is 0 Å². The molecule has 0 spiro atoms. The third-order valence-electron chi connectivity index (χ3n) is 2.85. The van der Waals surface area contributed by atoms with Crippen LogP contribution >= 0.6 is 11.6 Å². The van der Waals surface area contributed by atoms with Crippen molar-refractivity contribution < 1.29 is 0 Å². The van der Waals surface area contributed by atoms with Crippen LogP contribution in [0.1, 0.15) is 32.4 Å². The van der Waals surface area contributed by atoms with Crippen LogP contribution in [0.5, 0.6) is 0 Å².